The van der Waals surface area contributed by atoms with Crippen molar-refractivity contribution in [1.82, 2.24) is 14.2 Å². The maximum absolute atomic E-state index is 13.1. The number of nitrogens with zero attached hydrogens (tertiary/aromatic N) is 3. The van der Waals surface area contributed by atoms with Gasteiger partial charge in [-0.3, -0.25) is 4.79 Å². The highest BCUT2D eigenvalue weighted by molar-refractivity contribution is 5.65. The number of hydrogen-bond donors (Lipinski definition) is 0. The van der Waals surface area contributed by atoms with Crippen LogP contribution in [0.4, 0.5) is 4.39 Å². The lowest BCUT2D eigenvalue weighted by molar-refractivity contribution is 0.0480. The van der Waals surface area contributed by atoms with E-state index >= 15 is 0 Å². The Balaban J connectivity index is 1.68. The molecule has 0 N–H and O–H groups in total. The van der Waals surface area contributed by atoms with Gasteiger partial charge in [0.2, 0.25) is 0 Å². The first-order chi connectivity index (χ1) is 11.7. The van der Waals surface area contributed by atoms with Gasteiger partial charge in [0.15, 0.2) is 0 Å². The van der Waals surface area contributed by atoms with E-state index in [-0.39, 0.29) is 11.4 Å². The second-order valence-electron chi connectivity index (χ2n) is 6.21. The number of ether oxygens (including phenoxy) is 1. The molecule has 0 aliphatic carbocycles. The number of halogens is 1. The molecule has 4 rings (SSSR count). The Kier molecular flexibility index (Phi) is 3.90. The molecule has 3 heterocycles. The second kappa shape index (κ2) is 6.20. The van der Waals surface area contributed by atoms with Crippen molar-refractivity contribution in [3.63, 3.8) is 0 Å². The minimum Gasteiger partial charge on any atom is -0.381 e. The Hall–Kier alpha value is -2.47. The van der Waals surface area contributed by atoms with Crippen LogP contribution in [-0.2, 0) is 11.3 Å². The minimum absolute atomic E-state index is 0.0658. The average molecular weight is 327 g/mol. The molecule has 0 spiro atoms. The van der Waals surface area contributed by atoms with Crippen LogP contribution in [0.1, 0.15) is 12.8 Å². The fourth-order valence-electron chi connectivity index (χ4n) is 3.16. The zero-order chi connectivity index (χ0) is 16.5. The normalized spacial score (nSPS) is 18.1. The van der Waals surface area contributed by atoms with Crippen LogP contribution in [0.15, 0.2) is 47.5 Å². The molecule has 0 radical (unpaired) electrons. The van der Waals surface area contributed by atoms with Crippen LogP contribution in [0.3, 0.4) is 0 Å². The van der Waals surface area contributed by atoms with Gasteiger partial charge in [0.25, 0.3) is 5.56 Å². The summed E-state index contributed by atoms with van der Waals surface area (Å²) in [6.45, 7) is 2.18. The summed E-state index contributed by atoms with van der Waals surface area (Å²) in [5.74, 6) is 0.0814. The lowest BCUT2D eigenvalue weighted by Crippen LogP contribution is -2.28. The molecular formula is C18H18FN3O2. The number of aromatic nitrogens is 3. The molecule has 1 atom stereocenters. The lowest BCUT2D eigenvalue weighted by atomic mass is 10.0. The number of fused-ring (bicyclic) bond motifs is 1. The maximum Gasteiger partial charge on any atom is 0.276 e. The molecule has 1 saturated heterocycles. The van der Waals surface area contributed by atoms with E-state index in [2.05, 4.69) is 5.10 Å². The molecule has 0 saturated carbocycles. The average Bonchev–Trinajstić information content (AvgIpc) is 3.04. The monoisotopic (exact) mass is 327 g/mol. The summed E-state index contributed by atoms with van der Waals surface area (Å²) in [6.07, 6.45) is 5.68. The van der Waals surface area contributed by atoms with E-state index in [9.17, 15) is 9.18 Å². The summed E-state index contributed by atoms with van der Waals surface area (Å²) in [6, 6.07) is 7.86. The van der Waals surface area contributed by atoms with E-state index < -0.39 is 0 Å². The van der Waals surface area contributed by atoms with Crippen molar-refractivity contribution in [3.8, 4) is 11.3 Å². The van der Waals surface area contributed by atoms with Crippen molar-refractivity contribution in [1.29, 1.82) is 0 Å². The van der Waals surface area contributed by atoms with Crippen molar-refractivity contribution in [2.45, 2.75) is 19.4 Å². The van der Waals surface area contributed by atoms with Crippen molar-refractivity contribution in [2.24, 2.45) is 5.92 Å². The highest BCUT2D eigenvalue weighted by atomic mass is 19.1. The Morgan fingerprint density at radius 1 is 1.25 bits per heavy atom. The van der Waals surface area contributed by atoms with Gasteiger partial charge in [-0.25, -0.2) is 8.91 Å². The molecule has 5 nitrogen and oxygen atoms in total. The summed E-state index contributed by atoms with van der Waals surface area (Å²) in [5, 5.41) is 4.42. The molecule has 1 aliphatic rings. The van der Waals surface area contributed by atoms with Crippen LogP contribution in [0.2, 0.25) is 0 Å². The van der Waals surface area contributed by atoms with Gasteiger partial charge in [-0.15, -0.1) is 0 Å². The predicted molar refractivity (Wildman–Crippen MR) is 88.4 cm³/mol. The van der Waals surface area contributed by atoms with E-state index in [1.54, 1.807) is 39.7 Å². The highest BCUT2D eigenvalue weighted by Gasteiger charge is 2.16. The van der Waals surface area contributed by atoms with Gasteiger partial charge < -0.3 is 9.30 Å². The first-order valence-corrected chi connectivity index (χ1v) is 8.13. The van der Waals surface area contributed by atoms with Gasteiger partial charge in [0.05, 0.1) is 12.3 Å². The van der Waals surface area contributed by atoms with Crippen molar-refractivity contribution in [3.05, 3.63) is 58.9 Å². The zero-order valence-electron chi connectivity index (χ0n) is 13.2. The quantitative estimate of drug-likeness (QED) is 0.743. The maximum atomic E-state index is 13.1. The van der Waals surface area contributed by atoms with Crippen LogP contribution < -0.4 is 5.56 Å². The first-order valence-electron chi connectivity index (χ1n) is 8.13. The third-order valence-corrected chi connectivity index (χ3v) is 4.45. The van der Waals surface area contributed by atoms with Crippen LogP contribution in [0.5, 0.6) is 0 Å². The van der Waals surface area contributed by atoms with Crippen molar-refractivity contribution in [2.75, 3.05) is 13.2 Å². The number of rotatable bonds is 3. The molecule has 2 aromatic heterocycles. The van der Waals surface area contributed by atoms with Crippen LogP contribution in [0.25, 0.3) is 16.8 Å². The Labute approximate surface area is 138 Å². The Morgan fingerprint density at radius 3 is 2.83 bits per heavy atom. The lowest BCUT2D eigenvalue weighted by Gasteiger charge is -2.22. The summed E-state index contributed by atoms with van der Waals surface area (Å²) in [5.41, 5.74) is 1.90. The molecule has 6 heteroatoms. The van der Waals surface area contributed by atoms with Gasteiger partial charge in [-0.05, 0) is 43.2 Å². The summed E-state index contributed by atoms with van der Waals surface area (Å²) in [4.78, 5) is 12.7. The zero-order valence-corrected chi connectivity index (χ0v) is 13.2. The molecular weight excluding hydrogens is 309 g/mol. The van der Waals surface area contributed by atoms with Gasteiger partial charge in [-0.1, -0.05) is 0 Å². The number of hydrogen-bond acceptors (Lipinski definition) is 3. The molecule has 3 aromatic rings. The van der Waals surface area contributed by atoms with Gasteiger partial charge in [0.1, 0.15) is 11.3 Å². The number of benzene rings is 1. The molecule has 1 fully saturated rings. The highest BCUT2D eigenvalue weighted by Crippen LogP contribution is 2.19. The molecule has 1 unspecified atom stereocenters. The summed E-state index contributed by atoms with van der Waals surface area (Å²) < 4.78 is 21.9. The van der Waals surface area contributed by atoms with E-state index in [0.29, 0.717) is 30.3 Å². The second-order valence-corrected chi connectivity index (χ2v) is 6.21. The molecule has 0 bridgehead atoms. The Bertz CT molecular complexity index is 908. The standard InChI is InChI=1S/C18H18FN3O2/c19-15-5-3-14(4-6-15)16-10-17-18(23)21(7-8-22(17)20-16)11-13-2-1-9-24-12-13/h3-8,10,13H,1-2,9,11-12H2. The topological polar surface area (TPSA) is 48.5 Å². The van der Waals surface area contributed by atoms with Gasteiger partial charge >= 0.3 is 0 Å². The largest absolute Gasteiger partial charge is 0.381 e. The molecule has 1 aliphatic heterocycles. The van der Waals surface area contributed by atoms with E-state index in [4.69, 9.17) is 4.74 Å². The fraction of sp³-hybridized carbons (Fsp3) is 0.333. The third kappa shape index (κ3) is 2.85. The smallest absolute Gasteiger partial charge is 0.276 e. The van der Waals surface area contributed by atoms with Crippen LogP contribution in [-0.4, -0.2) is 27.4 Å². The molecule has 0 amide bonds. The Morgan fingerprint density at radius 2 is 2.08 bits per heavy atom. The van der Waals surface area contributed by atoms with Crippen LogP contribution >= 0.6 is 0 Å². The van der Waals surface area contributed by atoms with Crippen molar-refractivity contribution >= 4 is 5.52 Å². The molecule has 124 valence electrons. The summed E-state index contributed by atoms with van der Waals surface area (Å²) in [7, 11) is 0. The van der Waals surface area contributed by atoms with E-state index in [1.165, 1.54) is 12.1 Å². The van der Waals surface area contributed by atoms with E-state index in [1.807, 2.05) is 0 Å². The molecule has 1 aromatic carbocycles. The van der Waals surface area contributed by atoms with Gasteiger partial charge in [0, 0.05) is 37.0 Å². The van der Waals surface area contributed by atoms with Crippen LogP contribution in [0, 0.1) is 11.7 Å². The van der Waals surface area contributed by atoms with Gasteiger partial charge in [-0.2, -0.15) is 5.10 Å². The van der Waals surface area contributed by atoms with E-state index in [0.717, 1.165) is 25.0 Å². The SMILES string of the molecule is O=c1c2cc(-c3ccc(F)cc3)nn2ccn1CC1CCCOC1. The summed E-state index contributed by atoms with van der Waals surface area (Å²) >= 11 is 0. The fourth-order valence-corrected chi connectivity index (χ4v) is 3.16. The van der Waals surface area contributed by atoms with Crippen molar-refractivity contribution < 1.29 is 9.13 Å². The first kappa shape index (κ1) is 15.1. The minimum atomic E-state index is -0.292. The predicted octanol–water partition coefficient (Wildman–Crippen LogP) is 2.73. The molecule has 24 heavy (non-hydrogen) atoms. The third-order valence-electron chi connectivity index (χ3n) is 4.45.